The molecule has 1 fully saturated rings. The molecule has 6 nitrogen and oxygen atoms in total. The lowest BCUT2D eigenvalue weighted by molar-refractivity contribution is -0.139. The van der Waals surface area contributed by atoms with Crippen molar-refractivity contribution in [1.29, 1.82) is 0 Å². The van der Waals surface area contributed by atoms with Crippen LogP contribution in [0.3, 0.4) is 0 Å². The van der Waals surface area contributed by atoms with Crippen molar-refractivity contribution in [2.75, 3.05) is 20.3 Å². The van der Waals surface area contributed by atoms with Crippen molar-refractivity contribution in [3.63, 3.8) is 0 Å². The van der Waals surface area contributed by atoms with E-state index < -0.39 is 17.7 Å². The number of hydrogen-bond donors (Lipinski definition) is 1. The highest BCUT2D eigenvalue weighted by Crippen LogP contribution is 2.42. The van der Waals surface area contributed by atoms with Gasteiger partial charge in [0.25, 0.3) is 11.7 Å². The summed E-state index contributed by atoms with van der Waals surface area (Å²) >= 11 is 12.4. The summed E-state index contributed by atoms with van der Waals surface area (Å²) in [5.41, 5.74) is 0.903. The van der Waals surface area contributed by atoms with Gasteiger partial charge in [-0.3, -0.25) is 9.59 Å². The first kappa shape index (κ1) is 24.0. The van der Waals surface area contributed by atoms with Gasteiger partial charge in [-0.05, 0) is 42.7 Å². The summed E-state index contributed by atoms with van der Waals surface area (Å²) in [6, 6.07) is 9.34. The Balaban J connectivity index is 2.13. The first-order valence-electron chi connectivity index (χ1n) is 10.4. The molecule has 3 rings (SSSR count). The van der Waals surface area contributed by atoms with Crippen molar-refractivity contribution in [2.24, 2.45) is 0 Å². The van der Waals surface area contributed by atoms with E-state index in [4.69, 9.17) is 32.7 Å². The molecule has 0 aromatic heterocycles. The third kappa shape index (κ3) is 4.57. The molecular formula is C24H25Cl2NO5. The highest BCUT2D eigenvalue weighted by Gasteiger charge is 2.45. The number of aliphatic hydroxyl groups is 1. The number of rotatable bonds is 8. The molecule has 1 amide bonds. The van der Waals surface area contributed by atoms with Crippen molar-refractivity contribution in [3.05, 3.63) is 63.1 Å². The molecule has 8 heteroatoms. The Labute approximate surface area is 197 Å². The number of carbonyl (C=O) groups excluding carboxylic acids is 2. The maximum Gasteiger partial charge on any atom is 0.295 e. The Kier molecular flexibility index (Phi) is 7.69. The van der Waals surface area contributed by atoms with E-state index in [0.29, 0.717) is 30.9 Å². The molecule has 1 unspecified atom stereocenters. The van der Waals surface area contributed by atoms with Gasteiger partial charge in [0.05, 0.1) is 35.4 Å². The van der Waals surface area contributed by atoms with E-state index in [1.54, 1.807) is 24.3 Å². The molecule has 0 radical (unpaired) electrons. The number of ketones is 1. The second-order valence-corrected chi connectivity index (χ2v) is 8.20. The summed E-state index contributed by atoms with van der Waals surface area (Å²) in [5, 5.41) is 11.5. The standard InChI is InChI=1S/C24H25Cl2NO5/c1-4-10-27-20(14-6-8-16(9-7-14)32-11-5-2)19(22(29)24(27)30)21(28)15-12-17(25)23(31-3)18(26)13-15/h6-9,12-13,20,28H,4-5,10-11H2,1-3H3/b21-19+. The summed E-state index contributed by atoms with van der Waals surface area (Å²) < 4.78 is 10.8. The van der Waals surface area contributed by atoms with Crippen LogP contribution in [0, 0.1) is 0 Å². The van der Waals surface area contributed by atoms with Gasteiger partial charge in [0.1, 0.15) is 11.5 Å². The van der Waals surface area contributed by atoms with E-state index in [0.717, 1.165) is 6.42 Å². The number of nitrogens with zero attached hydrogens (tertiary/aromatic N) is 1. The molecule has 1 aliphatic rings. The van der Waals surface area contributed by atoms with Crippen LogP contribution in [0.5, 0.6) is 11.5 Å². The zero-order valence-corrected chi connectivity index (χ0v) is 19.7. The molecule has 1 N–H and O–H groups in total. The van der Waals surface area contributed by atoms with Gasteiger partial charge in [-0.2, -0.15) is 0 Å². The minimum Gasteiger partial charge on any atom is -0.507 e. The fourth-order valence-corrected chi connectivity index (χ4v) is 4.35. The maximum absolute atomic E-state index is 13.0. The van der Waals surface area contributed by atoms with Gasteiger partial charge < -0.3 is 19.5 Å². The lowest BCUT2D eigenvalue weighted by Gasteiger charge is -2.25. The molecule has 1 atom stereocenters. The van der Waals surface area contributed by atoms with E-state index >= 15 is 0 Å². The molecule has 1 aliphatic heterocycles. The van der Waals surface area contributed by atoms with E-state index in [-0.39, 0.29) is 32.7 Å². The molecule has 32 heavy (non-hydrogen) atoms. The Morgan fingerprint density at radius 2 is 1.69 bits per heavy atom. The minimum atomic E-state index is -0.754. The molecule has 0 bridgehead atoms. The second kappa shape index (κ2) is 10.3. The fraction of sp³-hybridized carbons (Fsp3) is 0.333. The van der Waals surface area contributed by atoms with E-state index in [2.05, 4.69) is 0 Å². The average Bonchev–Trinajstić information content (AvgIpc) is 3.02. The monoisotopic (exact) mass is 477 g/mol. The average molecular weight is 478 g/mol. The van der Waals surface area contributed by atoms with Gasteiger partial charge in [-0.25, -0.2) is 0 Å². The molecule has 1 saturated heterocycles. The SMILES string of the molecule is CCCOc1ccc(C2/C(=C(\O)c3cc(Cl)c(OC)c(Cl)c3)C(=O)C(=O)N2CCC)cc1. The van der Waals surface area contributed by atoms with Crippen LogP contribution in [0.15, 0.2) is 42.0 Å². The largest absolute Gasteiger partial charge is 0.507 e. The van der Waals surface area contributed by atoms with E-state index in [1.165, 1.54) is 24.1 Å². The van der Waals surface area contributed by atoms with Gasteiger partial charge in [0, 0.05) is 12.1 Å². The second-order valence-electron chi connectivity index (χ2n) is 7.38. The number of Topliss-reactive ketones (excluding diaryl/α,β-unsaturated/α-hetero) is 1. The first-order valence-corrected chi connectivity index (χ1v) is 11.1. The molecular weight excluding hydrogens is 453 g/mol. The smallest absolute Gasteiger partial charge is 0.295 e. The summed E-state index contributed by atoms with van der Waals surface area (Å²) in [6.45, 7) is 4.89. The third-order valence-corrected chi connectivity index (χ3v) is 5.71. The number of carbonyl (C=O) groups is 2. The molecule has 0 saturated carbocycles. The van der Waals surface area contributed by atoms with E-state index in [9.17, 15) is 14.7 Å². The van der Waals surface area contributed by atoms with Crippen LogP contribution >= 0.6 is 23.2 Å². The van der Waals surface area contributed by atoms with Crippen LogP contribution in [0.4, 0.5) is 0 Å². The lowest BCUT2D eigenvalue weighted by atomic mass is 9.95. The zero-order chi connectivity index (χ0) is 23.4. The van der Waals surface area contributed by atoms with Gasteiger partial charge in [0.15, 0.2) is 5.75 Å². The van der Waals surface area contributed by atoms with Crippen molar-refractivity contribution in [3.8, 4) is 11.5 Å². The number of aliphatic hydroxyl groups excluding tert-OH is 1. The number of ether oxygens (including phenoxy) is 2. The summed E-state index contributed by atoms with van der Waals surface area (Å²) in [7, 11) is 1.43. The normalized spacial score (nSPS) is 17.7. The topological polar surface area (TPSA) is 76.1 Å². The van der Waals surface area contributed by atoms with Crippen LogP contribution < -0.4 is 9.47 Å². The van der Waals surface area contributed by atoms with Crippen LogP contribution in [-0.4, -0.2) is 42.0 Å². The highest BCUT2D eigenvalue weighted by atomic mass is 35.5. The predicted octanol–water partition coefficient (Wildman–Crippen LogP) is 5.62. The summed E-state index contributed by atoms with van der Waals surface area (Å²) in [6.07, 6.45) is 1.53. The quantitative estimate of drug-likeness (QED) is 0.303. The van der Waals surface area contributed by atoms with Gasteiger partial charge in [0.2, 0.25) is 0 Å². The van der Waals surface area contributed by atoms with Crippen molar-refractivity contribution >= 4 is 40.7 Å². The molecule has 2 aromatic carbocycles. The van der Waals surface area contributed by atoms with Gasteiger partial charge in [-0.1, -0.05) is 49.2 Å². The molecule has 2 aromatic rings. The Hall–Kier alpha value is -2.70. The van der Waals surface area contributed by atoms with Crippen LogP contribution in [0.1, 0.15) is 43.9 Å². The van der Waals surface area contributed by atoms with E-state index in [1.807, 2.05) is 13.8 Å². The van der Waals surface area contributed by atoms with Crippen molar-refractivity contribution < 1.29 is 24.2 Å². The third-order valence-electron chi connectivity index (χ3n) is 5.15. The van der Waals surface area contributed by atoms with Crippen LogP contribution in [0.2, 0.25) is 10.0 Å². The Bertz CT molecular complexity index is 1030. The zero-order valence-electron chi connectivity index (χ0n) is 18.2. The molecule has 1 heterocycles. The number of halogens is 2. The number of likely N-dealkylation sites (tertiary alicyclic amines) is 1. The minimum absolute atomic E-state index is 0.0111. The van der Waals surface area contributed by atoms with Gasteiger partial charge in [-0.15, -0.1) is 0 Å². The molecule has 0 spiro atoms. The first-order chi connectivity index (χ1) is 15.3. The lowest BCUT2D eigenvalue weighted by Crippen LogP contribution is -2.30. The Morgan fingerprint density at radius 1 is 1.06 bits per heavy atom. The van der Waals surface area contributed by atoms with Crippen molar-refractivity contribution in [1.82, 2.24) is 4.90 Å². The fourth-order valence-electron chi connectivity index (χ4n) is 3.71. The van der Waals surface area contributed by atoms with Crippen LogP contribution in [0.25, 0.3) is 5.76 Å². The molecule has 170 valence electrons. The number of benzene rings is 2. The van der Waals surface area contributed by atoms with Crippen molar-refractivity contribution in [2.45, 2.75) is 32.7 Å². The number of hydrogen-bond acceptors (Lipinski definition) is 5. The number of methoxy groups -OCH3 is 1. The van der Waals surface area contributed by atoms with Crippen LogP contribution in [-0.2, 0) is 9.59 Å². The molecule has 0 aliphatic carbocycles. The maximum atomic E-state index is 13.0. The summed E-state index contributed by atoms with van der Waals surface area (Å²) in [5.74, 6) is -0.803. The summed E-state index contributed by atoms with van der Waals surface area (Å²) in [4.78, 5) is 27.2. The van der Waals surface area contributed by atoms with Gasteiger partial charge >= 0.3 is 0 Å². The number of amides is 1. The Morgan fingerprint density at radius 3 is 2.22 bits per heavy atom. The highest BCUT2D eigenvalue weighted by molar-refractivity contribution is 6.46. The predicted molar refractivity (Wildman–Crippen MR) is 125 cm³/mol.